The lowest BCUT2D eigenvalue weighted by Crippen LogP contribution is -2.52. The van der Waals surface area contributed by atoms with Crippen molar-refractivity contribution >= 4 is 17.2 Å². The summed E-state index contributed by atoms with van der Waals surface area (Å²) in [5.74, 6) is 0.770. The Balaban J connectivity index is 1.64. The predicted molar refractivity (Wildman–Crippen MR) is 113 cm³/mol. The average Bonchev–Trinajstić information content (AvgIpc) is 3.18. The summed E-state index contributed by atoms with van der Waals surface area (Å²) in [6.07, 6.45) is 0. The summed E-state index contributed by atoms with van der Waals surface area (Å²) in [5.41, 5.74) is 2.86. The molecule has 0 bridgehead atoms. The van der Waals surface area contributed by atoms with Crippen LogP contribution in [0.4, 0.5) is 0 Å². The molecular formula is C22H28N4OS. The molecule has 1 aromatic heterocycles. The second-order valence-corrected chi connectivity index (χ2v) is 8.82. The van der Waals surface area contributed by atoms with Crippen molar-refractivity contribution in [2.45, 2.75) is 39.7 Å². The van der Waals surface area contributed by atoms with E-state index in [0.29, 0.717) is 24.7 Å². The Kier molecular flexibility index (Phi) is 6.48. The van der Waals surface area contributed by atoms with Gasteiger partial charge in [-0.1, -0.05) is 52.0 Å². The Morgan fingerprint density at radius 2 is 1.75 bits per heavy atom. The van der Waals surface area contributed by atoms with E-state index < -0.39 is 0 Å². The van der Waals surface area contributed by atoms with Crippen LogP contribution in [0.5, 0.6) is 0 Å². The van der Waals surface area contributed by atoms with Crippen LogP contribution in [0.25, 0.3) is 10.6 Å². The topological polar surface area (TPSA) is 60.2 Å². The lowest BCUT2D eigenvalue weighted by molar-refractivity contribution is 0.0572. The van der Waals surface area contributed by atoms with Gasteiger partial charge in [0.2, 0.25) is 0 Å². The van der Waals surface area contributed by atoms with Crippen LogP contribution in [0.3, 0.4) is 0 Å². The third kappa shape index (κ3) is 4.43. The Labute approximate surface area is 171 Å². The smallest absolute Gasteiger partial charge is 0.273 e. The lowest BCUT2D eigenvalue weighted by Gasteiger charge is -2.37. The minimum absolute atomic E-state index is 0.0148. The third-order valence-electron chi connectivity index (χ3n) is 5.31. The monoisotopic (exact) mass is 396 g/mol. The normalized spacial score (nSPS) is 16.4. The van der Waals surface area contributed by atoms with Gasteiger partial charge in [-0.3, -0.25) is 9.69 Å². The molecule has 6 heteroatoms. The summed E-state index contributed by atoms with van der Waals surface area (Å²) >= 11 is 1.51. The molecule has 3 rings (SSSR count). The van der Waals surface area contributed by atoms with Gasteiger partial charge in [0, 0.05) is 37.1 Å². The van der Waals surface area contributed by atoms with Gasteiger partial charge in [-0.2, -0.15) is 5.26 Å². The Morgan fingerprint density at radius 1 is 1.11 bits per heavy atom. The van der Waals surface area contributed by atoms with Crippen LogP contribution in [0.2, 0.25) is 0 Å². The first-order valence-corrected chi connectivity index (χ1v) is 10.8. The molecule has 1 aromatic carbocycles. The molecule has 0 radical (unpaired) electrons. The van der Waals surface area contributed by atoms with E-state index in [1.165, 1.54) is 16.9 Å². The summed E-state index contributed by atoms with van der Waals surface area (Å²) in [4.78, 5) is 21.5. The van der Waals surface area contributed by atoms with Gasteiger partial charge in [0.05, 0.1) is 6.07 Å². The van der Waals surface area contributed by atoms with Crippen LogP contribution in [-0.4, -0.2) is 52.9 Å². The highest BCUT2D eigenvalue weighted by Gasteiger charge is 2.29. The molecule has 148 valence electrons. The number of rotatable bonds is 5. The molecule has 28 heavy (non-hydrogen) atoms. The number of amides is 1. The number of hydrogen-bond acceptors (Lipinski definition) is 5. The Bertz CT molecular complexity index is 842. The van der Waals surface area contributed by atoms with E-state index >= 15 is 0 Å². The Morgan fingerprint density at radius 3 is 2.29 bits per heavy atom. The molecule has 0 spiro atoms. The number of thiazole rings is 1. The zero-order chi connectivity index (χ0) is 20.3. The molecule has 1 atom stereocenters. The highest BCUT2D eigenvalue weighted by atomic mass is 32.1. The van der Waals surface area contributed by atoms with Gasteiger partial charge in [-0.25, -0.2) is 4.98 Å². The number of piperazine rings is 1. The van der Waals surface area contributed by atoms with Crippen molar-refractivity contribution in [3.63, 3.8) is 0 Å². The minimum atomic E-state index is -0.0862. The van der Waals surface area contributed by atoms with Gasteiger partial charge in [0.25, 0.3) is 5.91 Å². The Hall–Kier alpha value is -2.23. The fraction of sp³-hybridized carbons (Fsp3) is 0.500. The molecule has 2 aromatic rings. The second kappa shape index (κ2) is 8.85. The summed E-state index contributed by atoms with van der Waals surface area (Å²) in [7, 11) is 0. The van der Waals surface area contributed by atoms with E-state index in [1.54, 1.807) is 0 Å². The van der Waals surface area contributed by atoms with Crippen LogP contribution in [0.15, 0.2) is 29.6 Å². The van der Waals surface area contributed by atoms with Crippen molar-refractivity contribution in [2.24, 2.45) is 5.92 Å². The average molecular weight is 397 g/mol. The lowest BCUT2D eigenvalue weighted by atomic mass is 10.0. The van der Waals surface area contributed by atoms with Crippen molar-refractivity contribution in [1.29, 1.82) is 5.26 Å². The van der Waals surface area contributed by atoms with Crippen LogP contribution in [0, 0.1) is 17.2 Å². The van der Waals surface area contributed by atoms with E-state index in [2.05, 4.69) is 67.9 Å². The first-order valence-electron chi connectivity index (χ1n) is 9.89. The molecule has 2 heterocycles. The SMILES string of the molecule is CC(C)c1ccc(-c2nc(C(=O)N3CCN(C(C#N)C(C)C)CC3)cs2)cc1. The number of carbonyl (C=O) groups is 1. The van der Waals surface area contributed by atoms with Crippen LogP contribution in [-0.2, 0) is 0 Å². The summed E-state index contributed by atoms with van der Waals surface area (Å²) < 4.78 is 0. The van der Waals surface area contributed by atoms with E-state index in [1.807, 2.05) is 10.3 Å². The summed E-state index contributed by atoms with van der Waals surface area (Å²) in [5, 5.41) is 12.1. The molecule has 1 unspecified atom stereocenters. The molecule has 0 saturated carbocycles. The van der Waals surface area contributed by atoms with Gasteiger partial charge >= 0.3 is 0 Å². The maximum atomic E-state index is 12.9. The van der Waals surface area contributed by atoms with Crippen molar-refractivity contribution < 1.29 is 4.79 Å². The van der Waals surface area contributed by atoms with Gasteiger partial charge in [0.1, 0.15) is 16.7 Å². The molecule has 0 aliphatic carbocycles. The molecule has 1 fully saturated rings. The highest BCUT2D eigenvalue weighted by molar-refractivity contribution is 7.13. The van der Waals surface area contributed by atoms with Crippen molar-refractivity contribution in [3.05, 3.63) is 40.9 Å². The maximum Gasteiger partial charge on any atom is 0.273 e. The number of hydrogen-bond donors (Lipinski definition) is 0. The summed E-state index contributed by atoms with van der Waals surface area (Å²) in [6.45, 7) is 11.2. The summed E-state index contributed by atoms with van der Waals surface area (Å²) in [6, 6.07) is 10.7. The number of nitriles is 1. The van der Waals surface area contributed by atoms with Gasteiger partial charge in [0.15, 0.2) is 0 Å². The molecule has 0 N–H and O–H groups in total. The van der Waals surface area contributed by atoms with E-state index in [4.69, 9.17) is 0 Å². The van der Waals surface area contributed by atoms with E-state index in [0.717, 1.165) is 23.7 Å². The van der Waals surface area contributed by atoms with Crippen LogP contribution < -0.4 is 0 Å². The molecule has 1 aliphatic heterocycles. The van der Waals surface area contributed by atoms with Crippen LogP contribution >= 0.6 is 11.3 Å². The number of carbonyl (C=O) groups excluding carboxylic acids is 1. The zero-order valence-electron chi connectivity index (χ0n) is 17.1. The molecule has 1 amide bonds. The standard InChI is InChI=1S/C22H28N4OS/c1-15(2)17-5-7-18(8-6-17)21-24-19(14-28-21)22(27)26-11-9-25(10-12-26)20(13-23)16(3)4/h5-8,14-16,20H,9-12H2,1-4H3. The van der Waals surface area contributed by atoms with Crippen molar-refractivity contribution in [3.8, 4) is 16.6 Å². The largest absolute Gasteiger partial charge is 0.335 e. The fourth-order valence-electron chi connectivity index (χ4n) is 3.53. The quantitative estimate of drug-likeness (QED) is 0.758. The number of nitrogens with zero attached hydrogens (tertiary/aromatic N) is 4. The van der Waals surface area contributed by atoms with Gasteiger partial charge < -0.3 is 4.90 Å². The van der Waals surface area contributed by atoms with Crippen LogP contribution in [0.1, 0.15) is 49.7 Å². The molecule has 5 nitrogen and oxygen atoms in total. The van der Waals surface area contributed by atoms with Gasteiger partial charge in [-0.15, -0.1) is 11.3 Å². The number of aromatic nitrogens is 1. The molecule has 1 saturated heterocycles. The first kappa shape index (κ1) is 20.5. The fourth-order valence-corrected chi connectivity index (χ4v) is 4.33. The van der Waals surface area contributed by atoms with Gasteiger partial charge in [-0.05, 0) is 17.4 Å². The maximum absolute atomic E-state index is 12.9. The third-order valence-corrected chi connectivity index (χ3v) is 6.20. The minimum Gasteiger partial charge on any atom is -0.335 e. The van der Waals surface area contributed by atoms with E-state index in [9.17, 15) is 10.1 Å². The highest BCUT2D eigenvalue weighted by Crippen LogP contribution is 2.26. The predicted octanol–water partition coefficient (Wildman–Crippen LogP) is 4.24. The molecule has 1 aliphatic rings. The second-order valence-electron chi connectivity index (χ2n) is 7.96. The van der Waals surface area contributed by atoms with Crippen molar-refractivity contribution in [2.75, 3.05) is 26.2 Å². The van der Waals surface area contributed by atoms with E-state index in [-0.39, 0.29) is 17.9 Å². The zero-order valence-corrected chi connectivity index (χ0v) is 17.9. The first-order chi connectivity index (χ1) is 13.4. The number of benzene rings is 1. The molecular weight excluding hydrogens is 368 g/mol. The van der Waals surface area contributed by atoms with Crippen molar-refractivity contribution in [1.82, 2.24) is 14.8 Å².